The lowest BCUT2D eigenvalue weighted by molar-refractivity contribution is 0.0725. The van der Waals surface area contributed by atoms with Crippen molar-refractivity contribution in [1.29, 1.82) is 0 Å². The quantitative estimate of drug-likeness (QED) is 0.605. The molecule has 1 amide bonds. The Labute approximate surface area is 171 Å². The molecular formula is C23H28N4O2. The summed E-state index contributed by atoms with van der Waals surface area (Å²) in [5, 5.41) is 3.26. The van der Waals surface area contributed by atoms with Gasteiger partial charge in [0.05, 0.1) is 17.6 Å². The lowest BCUT2D eigenvalue weighted by Gasteiger charge is -2.26. The van der Waals surface area contributed by atoms with E-state index in [1.165, 1.54) is 11.1 Å². The number of unbranched alkanes of at least 4 members (excludes halogenated alkanes) is 1. The van der Waals surface area contributed by atoms with Crippen LogP contribution in [0.15, 0.2) is 42.5 Å². The lowest BCUT2D eigenvalue weighted by Crippen LogP contribution is -2.46. The van der Waals surface area contributed by atoms with Crippen LogP contribution >= 0.6 is 0 Å². The molecule has 1 aromatic heterocycles. The van der Waals surface area contributed by atoms with Crippen molar-refractivity contribution >= 4 is 16.9 Å². The molecule has 0 atom stereocenters. The van der Waals surface area contributed by atoms with Crippen LogP contribution in [0, 0.1) is 6.92 Å². The highest BCUT2D eigenvalue weighted by Crippen LogP contribution is 2.17. The summed E-state index contributed by atoms with van der Waals surface area (Å²) in [6, 6.07) is 14.4. The molecule has 1 fully saturated rings. The zero-order chi connectivity index (χ0) is 20.1. The molecule has 152 valence electrons. The van der Waals surface area contributed by atoms with Crippen LogP contribution in [0.5, 0.6) is 5.75 Å². The van der Waals surface area contributed by atoms with Crippen molar-refractivity contribution in [2.75, 3.05) is 32.8 Å². The number of aryl methyl sites for hydroxylation is 2. The molecule has 0 saturated carbocycles. The number of ether oxygens (including phenoxy) is 1. The van der Waals surface area contributed by atoms with Gasteiger partial charge in [-0.05, 0) is 61.6 Å². The molecule has 1 aliphatic rings. The number of imidazole rings is 1. The van der Waals surface area contributed by atoms with E-state index in [1.54, 1.807) is 0 Å². The number of benzene rings is 2. The van der Waals surface area contributed by atoms with E-state index < -0.39 is 0 Å². The minimum Gasteiger partial charge on any atom is -0.494 e. The second kappa shape index (κ2) is 9.09. The number of piperazine rings is 1. The van der Waals surface area contributed by atoms with Crippen LogP contribution in [0.1, 0.15) is 34.6 Å². The normalized spacial score (nSPS) is 14.3. The summed E-state index contributed by atoms with van der Waals surface area (Å²) in [6.07, 6.45) is 3.03. The number of nitrogens with one attached hydrogen (secondary N) is 2. The number of hydrogen-bond acceptors (Lipinski definition) is 4. The van der Waals surface area contributed by atoms with Gasteiger partial charge < -0.3 is 19.9 Å². The first-order valence-electron chi connectivity index (χ1n) is 10.4. The molecule has 0 aliphatic carbocycles. The maximum absolute atomic E-state index is 12.6. The van der Waals surface area contributed by atoms with Gasteiger partial charge in [-0.3, -0.25) is 4.79 Å². The fraction of sp³-hybridized carbons (Fsp3) is 0.391. The van der Waals surface area contributed by atoms with E-state index in [2.05, 4.69) is 46.5 Å². The van der Waals surface area contributed by atoms with Gasteiger partial charge in [-0.25, -0.2) is 4.98 Å². The van der Waals surface area contributed by atoms with Crippen LogP contribution < -0.4 is 10.1 Å². The number of hydrogen-bond donors (Lipinski definition) is 2. The molecule has 2 heterocycles. The molecule has 0 bridgehead atoms. The monoisotopic (exact) mass is 392 g/mol. The Bertz CT molecular complexity index is 976. The predicted molar refractivity (Wildman–Crippen MR) is 114 cm³/mol. The maximum atomic E-state index is 12.6. The summed E-state index contributed by atoms with van der Waals surface area (Å²) in [7, 11) is 0. The second-order valence-electron chi connectivity index (χ2n) is 7.60. The van der Waals surface area contributed by atoms with Crippen LogP contribution in [0.4, 0.5) is 0 Å². The Balaban J connectivity index is 1.30. The topological polar surface area (TPSA) is 70.2 Å². The molecule has 0 radical (unpaired) electrons. The number of aromatic amines is 1. The summed E-state index contributed by atoms with van der Waals surface area (Å²) >= 11 is 0. The molecule has 6 heteroatoms. The Morgan fingerprint density at radius 3 is 2.83 bits per heavy atom. The zero-order valence-electron chi connectivity index (χ0n) is 16.9. The van der Waals surface area contributed by atoms with Gasteiger partial charge >= 0.3 is 0 Å². The van der Waals surface area contributed by atoms with Crippen molar-refractivity contribution in [3.8, 4) is 5.75 Å². The van der Waals surface area contributed by atoms with E-state index in [0.717, 1.165) is 68.8 Å². The number of H-pyrrole nitrogens is 1. The first-order chi connectivity index (χ1) is 14.2. The summed E-state index contributed by atoms with van der Waals surface area (Å²) < 4.78 is 5.82. The largest absolute Gasteiger partial charge is 0.494 e. The minimum atomic E-state index is -0.0162. The van der Waals surface area contributed by atoms with E-state index in [-0.39, 0.29) is 5.91 Å². The molecule has 3 aromatic rings. The van der Waals surface area contributed by atoms with E-state index in [1.807, 2.05) is 23.1 Å². The Kier molecular flexibility index (Phi) is 6.10. The number of fused-ring (bicyclic) bond motifs is 1. The Hall–Kier alpha value is -2.86. The van der Waals surface area contributed by atoms with Gasteiger partial charge in [0.2, 0.25) is 0 Å². The molecule has 1 saturated heterocycles. The SMILES string of the molecule is Cc1cccc(OCCCCc2ccc3nc(C(=O)N4CCNCC4)[nH]c3c2)c1. The zero-order valence-corrected chi connectivity index (χ0v) is 16.9. The van der Waals surface area contributed by atoms with Crippen LogP contribution in [0.3, 0.4) is 0 Å². The van der Waals surface area contributed by atoms with E-state index in [0.29, 0.717) is 5.82 Å². The van der Waals surface area contributed by atoms with Gasteiger partial charge in [0, 0.05) is 26.2 Å². The molecule has 29 heavy (non-hydrogen) atoms. The van der Waals surface area contributed by atoms with Gasteiger partial charge in [0.1, 0.15) is 5.75 Å². The Morgan fingerprint density at radius 2 is 2.00 bits per heavy atom. The van der Waals surface area contributed by atoms with Crippen molar-refractivity contribution in [2.45, 2.75) is 26.2 Å². The van der Waals surface area contributed by atoms with Crippen LogP contribution in [-0.2, 0) is 6.42 Å². The van der Waals surface area contributed by atoms with Crippen LogP contribution in [-0.4, -0.2) is 53.6 Å². The van der Waals surface area contributed by atoms with Gasteiger partial charge in [-0.15, -0.1) is 0 Å². The number of nitrogens with zero attached hydrogens (tertiary/aromatic N) is 2. The smallest absolute Gasteiger partial charge is 0.289 e. The second-order valence-corrected chi connectivity index (χ2v) is 7.60. The van der Waals surface area contributed by atoms with Gasteiger partial charge in [-0.2, -0.15) is 0 Å². The first-order valence-corrected chi connectivity index (χ1v) is 10.4. The molecule has 6 nitrogen and oxygen atoms in total. The number of rotatable bonds is 7. The molecule has 1 aliphatic heterocycles. The highest BCUT2D eigenvalue weighted by atomic mass is 16.5. The molecule has 2 aromatic carbocycles. The van der Waals surface area contributed by atoms with Gasteiger partial charge in [-0.1, -0.05) is 18.2 Å². The average molecular weight is 393 g/mol. The fourth-order valence-corrected chi connectivity index (χ4v) is 3.66. The first kappa shape index (κ1) is 19.5. The molecular weight excluding hydrogens is 364 g/mol. The average Bonchev–Trinajstić information content (AvgIpc) is 3.17. The highest BCUT2D eigenvalue weighted by molar-refractivity contribution is 5.94. The summed E-state index contributed by atoms with van der Waals surface area (Å²) in [4.78, 5) is 22.2. The van der Waals surface area contributed by atoms with Crippen molar-refractivity contribution in [2.24, 2.45) is 0 Å². The number of carbonyl (C=O) groups excluding carboxylic acids is 1. The van der Waals surface area contributed by atoms with E-state index in [4.69, 9.17) is 4.74 Å². The predicted octanol–water partition coefficient (Wildman–Crippen LogP) is 3.32. The summed E-state index contributed by atoms with van der Waals surface area (Å²) in [6.45, 7) is 5.92. The standard InChI is InChI=1S/C23H28N4O2/c1-17-5-4-7-19(15-17)29-14-3-2-6-18-8-9-20-21(16-18)26-22(25-20)23(28)27-12-10-24-11-13-27/h4-5,7-9,15-16,24H,2-3,6,10-14H2,1H3,(H,25,26). The van der Waals surface area contributed by atoms with E-state index in [9.17, 15) is 4.79 Å². The molecule has 2 N–H and O–H groups in total. The summed E-state index contributed by atoms with van der Waals surface area (Å²) in [5.41, 5.74) is 4.23. The van der Waals surface area contributed by atoms with E-state index >= 15 is 0 Å². The number of aromatic nitrogens is 2. The van der Waals surface area contributed by atoms with Crippen molar-refractivity contribution in [3.63, 3.8) is 0 Å². The molecule has 0 unspecified atom stereocenters. The van der Waals surface area contributed by atoms with Gasteiger partial charge in [0.15, 0.2) is 5.82 Å². The third-order valence-corrected chi connectivity index (χ3v) is 5.27. The summed E-state index contributed by atoms with van der Waals surface area (Å²) in [5.74, 6) is 1.36. The highest BCUT2D eigenvalue weighted by Gasteiger charge is 2.20. The van der Waals surface area contributed by atoms with Crippen molar-refractivity contribution < 1.29 is 9.53 Å². The molecule has 4 rings (SSSR count). The molecule has 0 spiro atoms. The van der Waals surface area contributed by atoms with Crippen LogP contribution in [0.25, 0.3) is 11.0 Å². The van der Waals surface area contributed by atoms with Crippen LogP contribution in [0.2, 0.25) is 0 Å². The number of amides is 1. The number of carbonyl (C=O) groups is 1. The third-order valence-electron chi connectivity index (χ3n) is 5.27. The van der Waals surface area contributed by atoms with Crippen molar-refractivity contribution in [3.05, 3.63) is 59.4 Å². The maximum Gasteiger partial charge on any atom is 0.289 e. The minimum absolute atomic E-state index is 0.0162. The Morgan fingerprint density at radius 1 is 1.14 bits per heavy atom. The van der Waals surface area contributed by atoms with Crippen molar-refractivity contribution in [1.82, 2.24) is 20.2 Å². The van der Waals surface area contributed by atoms with Gasteiger partial charge in [0.25, 0.3) is 5.91 Å². The fourth-order valence-electron chi connectivity index (χ4n) is 3.66. The lowest BCUT2D eigenvalue weighted by atomic mass is 10.1. The third kappa shape index (κ3) is 4.95.